The van der Waals surface area contributed by atoms with Crippen molar-refractivity contribution in [1.29, 1.82) is 5.41 Å². The van der Waals surface area contributed by atoms with Crippen LogP contribution in [-0.4, -0.2) is 27.4 Å². The van der Waals surface area contributed by atoms with Crippen LogP contribution in [0.15, 0.2) is 117 Å². The fraction of sp³-hybridized carbons (Fsp3) is 0.0606. The number of benzene rings is 4. The molecule has 0 saturated carbocycles. The van der Waals surface area contributed by atoms with Crippen LogP contribution in [-0.2, 0) is 0 Å². The zero-order chi connectivity index (χ0) is 27.5. The van der Waals surface area contributed by atoms with Gasteiger partial charge in [0, 0.05) is 49.5 Å². The van der Waals surface area contributed by atoms with Crippen LogP contribution in [0.3, 0.4) is 0 Å². The largest absolute Gasteiger partial charge is 0.344 e. The van der Waals surface area contributed by atoms with Gasteiger partial charge < -0.3 is 15.3 Å². The normalized spacial score (nSPS) is 19.5. The summed E-state index contributed by atoms with van der Waals surface area (Å²) in [4.78, 5) is 26.9. The van der Waals surface area contributed by atoms with E-state index in [1.807, 2.05) is 85.8 Å². The van der Waals surface area contributed by atoms with Crippen LogP contribution < -0.4 is 16.3 Å². The van der Waals surface area contributed by atoms with E-state index in [9.17, 15) is 0 Å². The lowest BCUT2D eigenvalue weighted by Crippen LogP contribution is -2.22. The van der Waals surface area contributed by atoms with Crippen molar-refractivity contribution in [3.8, 4) is 0 Å². The van der Waals surface area contributed by atoms with Crippen molar-refractivity contribution in [1.82, 2.24) is 15.3 Å². The van der Waals surface area contributed by atoms with E-state index in [2.05, 4.69) is 33.5 Å². The molecule has 0 radical (unpaired) electrons. The fourth-order valence-corrected chi connectivity index (χ4v) is 5.73. The number of hydrogen-bond donors (Lipinski definition) is 4. The van der Waals surface area contributed by atoms with Gasteiger partial charge in [0.1, 0.15) is 34.6 Å². The average Bonchev–Trinajstić information content (AvgIpc) is 3.65. The standard InChI is InChI=1S/C33H24N8/c1-18-19-10-2-3-11-20(19)27(34)36-29-22-13-5-7-15-24(22)31(38-29)40-33-26-17-9-8-16-25(26)32(41-33)39-30-23-14-6-4-12-21(23)28(35-18)37-30/h2-17,33,37H,1H3,(H,39,41)(H2,34,36,38,40)/b35-18+. The third-order valence-electron chi connectivity index (χ3n) is 7.69. The van der Waals surface area contributed by atoms with Gasteiger partial charge in [-0.1, -0.05) is 97.1 Å². The van der Waals surface area contributed by atoms with Gasteiger partial charge in [-0.25, -0.2) is 20.0 Å². The van der Waals surface area contributed by atoms with Crippen LogP contribution >= 0.6 is 0 Å². The molecule has 6 aromatic rings. The summed E-state index contributed by atoms with van der Waals surface area (Å²) < 4.78 is 0. The van der Waals surface area contributed by atoms with E-state index in [1.165, 1.54) is 0 Å². The first-order valence-corrected chi connectivity index (χ1v) is 13.5. The minimum absolute atomic E-state index is 0.144. The van der Waals surface area contributed by atoms with Crippen LogP contribution in [0, 0.1) is 5.41 Å². The molecule has 4 N–H and O–H groups in total. The highest BCUT2D eigenvalue weighted by Crippen LogP contribution is 2.36. The second-order valence-corrected chi connectivity index (χ2v) is 10.2. The number of aromatic amines is 2. The first kappa shape index (κ1) is 23.3. The third-order valence-corrected chi connectivity index (χ3v) is 7.69. The Hall–Kier alpha value is -5.63. The Morgan fingerprint density at radius 3 is 1.93 bits per heavy atom. The maximum atomic E-state index is 9.02. The van der Waals surface area contributed by atoms with Crippen LogP contribution in [0.25, 0.3) is 21.5 Å². The van der Waals surface area contributed by atoms with Gasteiger partial charge in [-0.05, 0) is 6.92 Å². The predicted molar refractivity (Wildman–Crippen MR) is 163 cm³/mol. The topological polar surface area (TPSA) is 117 Å². The highest BCUT2D eigenvalue weighted by atomic mass is 15.2. The molecule has 1 atom stereocenters. The van der Waals surface area contributed by atoms with E-state index >= 15 is 0 Å². The summed E-state index contributed by atoms with van der Waals surface area (Å²) >= 11 is 0. The molecule has 8 nitrogen and oxygen atoms in total. The minimum atomic E-state index is -0.350. The first-order valence-electron chi connectivity index (χ1n) is 13.5. The van der Waals surface area contributed by atoms with Gasteiger partial charge in [0.25, 0.3) is 0 Å². The molecule has 2 aliphatic heterocycles. The molecule has 6 bridgehead atoms. The molecule has 0 aliphatic carbocycles. The zero-order valence-electron chi connectivity index (χ0n) is 22.1. The Bertz CT molecular complexity index is 2230. The molecule has 8 rings (SSSR count). The fourth-order valence-electron chi connectivity index (χ4n) is 5.73. The summed E-state index contributed by atoms with van der Waals surface area (Å²) in [5.41, 5.74) is 5.64. The number of aliphatic imine (C=N–C) groups is 2. The van der Waals surface area contributed by atoms with Crippen molar-refractivity contribution >= 4 is 50.6 Å². The van der Waals surface area contributed by atoms with Gasteiger partial charge in [-0.15, -0.1) is 0 Å². The molecule has 0 spiro atoms. The first-order chi connectivity index (χ1) is 20.1. The van der Waals surface area contributed by atoms with Crippen molar-refractivity contribution < 1.29 is 0 Å². The third kappa shape index (κ3) is 3.72. The van der Waals surface area contributed by atoms with E-state index in [1.54, 1.807) is 0 Å². The lowest BCUT2D eigenvalue weighted by molar-refractivity contribution is 0.685. The molecular formula is C33H24N8. The summed E-state index contributed by atoms with van der Waals surface area (Å²) in [6.45, 7) is 1.96. The Morgan fingerprint density at radius 2 is 1.17 bits per heavy atom. The molecule has 4 aromatic carbocycles. The van der Waals surface area contributed by atoms with Crippen molar-refractivity contribution in [3.05, 3.63) is 130 Å². The molecule has 0 saturated heterocycles. The van der Waals surface area contributed by atoms with Crippen LogP contribution in [0.1, 0.15) is 35.3 Å². The van der Waals surface area contributed by atoms with Gasteiger partial charge in [-0.2, -0.15) is 0 Å². The summed E-state index contributed by atoms with van der Waals surface area (Å²) in [5.74, 6) is 2.32. The maximum Gasteiger partial charge on any atom is 0.154 e. The summed E-state index contributed by atoms with van der Waals surface area (Å²) in [6, 6.07) is 32.0. The van der Waals surface area contributed by atoms with Crippen LogP contribution in [0.2, 0.25) is 0 Å². The number of amidine groups is 2. The number of aromatic nitrogens is 2. The molecule has 0 fully saturated rings. The Kier molecular flexibility index (Phi) is 5.08. The van der Waals surface area contributed by atoms with Gasteiger partial charge in [-0.3, -0.25) is 5.41 Å². The maximum absolute atomic E-state index is 9.02. The molecule has 1 unspecified atom stereocenters. The van der Waals surface area contributed by atoms with Gasteiger partial charge >= 0.3 is 0 Å². The molecule has 2 aliphatic rings. The van der Waals surface area contributed by atoms with E-state index in [0.717, 1.165) is 55.6 Å². The number of hydrogen-bond acceptors (Lipinski definition) is 5. The lowest BCUT2D eigenvalue weighted by Gasteiger charge is -2.07. The quantitative estimate of drug-likeness (QED) is 0.196. The summed E-state index contributed by atoms with van der Waals surface area (Å²) in [5, 5.41) is 16.4. The molecule has 196 valence electrons. The molecule has 41 heavy (non-hydrogen) atoms. The molecule has 4 heterocycles. The van der Waals surface area contributed by atoms with Crippen molar-refractivity contribution in [2.75, 3.05) is 0 Å². The Balaban J connectivity index is 1.46. The van der Waals surface area contributed by atoms with Crippen molar-refractivity contribution in [3.63, 3.8) is 0 Å². The smallest absolute Gasteiger partial charge is 0.154 e. The van der Waals surface area contributed by atoms with Gasteiger partial charge in [0.2, 0.25) is 0 Å². The number of rotatable bonds is 0. The van der Waals surface area contributed by atoms with Gasteiger partial charge in [0.05, 0.1) is 0 Å². The van der Waals surface area contributed by atoms with Crippen molar-refractivity contribution in [2.24, 2.45) is 20.0 Å². The number of fused-ring (bicyclic) bond motifs is 16. The highest BCUT2D eigenvalue weighted by molar-refractivity contribution is 6.13. The predicted octanol–water partition coefficient (Wildman–Crippen LogP) is 5.75. The average molecular weight is 533 g/mol. The number of H-pyrrole nitrogens is 2. The number of nitrogens with zero attached hydrogens (tertiary/aromatic N) is 4. The molecule has 2 aromatic heterocycles. The summed E-state index contributed by atoms with van der Waals surface area (Å²) in [6.07, 6.45) is -0.350. The van der Waals surface area contributed by atoms with Crippen LogP contribution in [0.4, 0.5) is 11.6 Å². The number of nitrogens with one attached hydrogen (secondary N) is 4. The van der Waals surface area contributed by atoms with E-state index < -0.39 is 0 Å². The summed E-state index contributed by atoms with van der Waals surface area (Å²) in [7, 11) is 0. The highest BCUT2D eigenvalue weighted by Gasteiger charge is 2.27. The molecular weight excluding hydrogens is 508 g/mol. The van der Waals surface area contributed by atoms with Crippen LogP contribution in [0.5, 0.6) is 0 Å². The second kappa shape index (κ2) is 8.96. The molecule has 8 heteroatoms. The van der Waals surface area contributed by atoms with E-state index in [0.29, 0.717) is 22.4 Å². The monoisotopic (exact) mass is 532 g/mol. The minimum Gasteiger partial charge on any atom is -0.344 e. The van der Waals surface area contributed by atoms with Crippen molar-refractivity contribution in [2.45, 2.75) is 13.1 Å². The lowest BCUT2D eigenvalue weighted by atomic mass is 10.0. The second-order valence-electron chi connectivity index (χ2n) is 10.2. The van der Waals surface area contributed by atoms with E-state index in [-0.39, 0.29) is 12.0 Å². The Labute approximate surface area is 234 Å². The zero-order valence-corrected chi connectivity index (χ0v) is 22.1. The Morgan fingerprint density at radius 1 is 0.585 bits per heavy atom. The van der Waals surface area contributed by atoms with Gasteiger partial charge in [0.15, 0.2) is 5.84 Å². The van der Waals surface area contributed by atoms with E-state index in [4.69, 9.17) is 25.4 Å². The SMILES string of the molecule is C/C1=N\c2[nH]c(c3ccccc23)/N=C2\NC(/N=c3\[nH]c(c4ccccc34)=NC(=N)c3ccccc31)c1ccccc12. The molecule has 0 amide bonds.